The summed E-state index contributed by atoms with van der Waals surface area (Å²) in [5.74, 6) is -0.546. The first-order chi connectivity index (χ1) is 15.1. The Morgan fingerprint density at radius 2 is 1.78 bits per heavy atom. The van der Waals surface area contributed by atoms with Crippen LogP contribution < -0.4 is 10.2 Å². The van der Waals surface area contributed by atoms with Gasteiger partial charge in [-0.2, -0.15) is 0 Å². The second-order valence-corrected chi connectivity index (χ2v) is 9.27. The van der Waals surface area contributed by atoms with Crippen molar-refractivity contribution < 1.29 is 19.2 Å². The number of carbonyl (C=O) groups excluding carboxylic acids is 4. The second kappa shape index (κ2) is 9.71. The highest BCUT2D eigenvalue weighted by atomic mass is 16.2. The minimum absolute atomic E-state index is 0.0607. The van der Waals surface area contributed by atoms with E-state index in [1.165, 1.54) is 0 Å². The number of hydrogen-bond donors (Lipinski definition) is 1. The third-order valence-corrected chi connectivity index (χ3v) is 6.28. The number of hydrogen-bond acceptors (Lipinski definition) is 5. The van der Waals surface area contributed by atoms with Gasteiger partial charge in [0, 0.05) is 38.3 Å². The van der Waals surface area contributed by atoms with Crippen LogP contribution in [-0.4, -0.2) is 78.6 Å². The molecular weight excluding hydrogens is 408 g/mol. The topological polar surface area (TPSA) is 90.0 Å². The third-order valence-electron chi connectivity index (χ3n) is 6.28. The molecule has 0 saturated carbocycles. The Kier molecular flexibility index (Phi) is 7.21. The van der Waals surface area contributed by atoms with Gasteiger partial charge in [0.05, 0.1) is 12.6 Å². The molecule has 0 aromatic heterocycles. The standard InChI is InChI=1S/C24H34N4O4/c1-6-21(30)28-14-20(29)22-19(28)11-12-27(22)24(32)18(13-15(2)3)25-23(31)16-7-9-17(10-8-16)26(4)5/h7-10,15,18-19,22H,6,11-14H2,1-5H3,(H,25,31)/t18-,19?,22-/m0/s1. The number of amides is 3. The summed E-state index contributed by atoms with van der Waals surface area (Å²) in [4.78, 5) is 56.4. The highest BCUT2D eigenvalue weighted by Gasteiger charge is 2.51. The van der Waals surface area contributed by atoms with Crippen molar-refractivity contribution in [2.75, 3.05) is 32.1 Å². The molecule has 3 amide bonds. The molecule has 2 heterocycles. The van der Waals surface area contributed by atoms with Gasteiger partial charge in [-0.05, 0) is 43.0 Å². The molecule has 3 rings (SSSR count). The summed E-state index contributed by atoms with van der Waals surface area (Å²) in [6.07, 6.45) is 1.39. The number of nitrogens with zero attached hydrogens (tertiary/aromatic N) is 3. The van der Waals surface area contributed by atoms with Gasteiger partial charge in [-0.15, -0.1) is 0 Å². The minimum Gasteiger partial charge on any atom is -0.378 e. The summed E-state index contributed by atoms with van der Waals surface area (Å²) in [7, 11) is 3.85. The monoisotopic (exact) mass is 442 g/mol. The zero-order chi connectivity index (χ0) is 23.6. The lowest BCUT2D eigenvalue weighted by Gasteiger charge is -2.29. The number of fused-ring (bicyclic) bond motifs is 1. The van der Waals surface area contributed by atoms with E-state index in [1.807, 2.05) is 45.0 Å². The Morgan fingerprint density at radius 1 is 1.12 bits per heavy atom. The molecule has 32 heavy (non-hydrogen) atoms. The summed E-state index contributed by atoms with van der Waals surface area (Å²) >= 11 is 0. The Hall–Kier alpha value is -2.90. The first kappa shape index (κ1) is 23.8. The lowest BCUT2D eigenvalue weighted by Crippen LogP contribution is -2.53. The van der Waals surface area contributed by atoms with E-state index in [1.54, 1.807) is 28.9 Å². The summed E-state index contributed by atoms with van der Waals surface area (Å²) < 4.78 is 0. The van der Waals surface area contributed by atoms with Crippen LogP contribution in [0.15, 0.2) is 24.3 Å². The molecule has 0 bridgehead atoms. The summed E-state index contributed by atoms with van der Waals surface area (Å²) in [5.41, 5.74) is 1.46. The molecule has 8 nitrogen and oxygen atoms in total. The van der Waals surface area contributed by atoms with Gasteiger partial charge in [0.2, 0.25) is 11.8 Å². The van der Waals surface area contributed by atoms with Crippen molar-refractivity contribution >= 4 is 29.2 Å². The van der Waals surface area contributed by atoms with Crippen LogP contribution >= 0.6 is 0 Å². The van der Waals surface area contributed by atoms with Crippen molar-refractivity contribution in [3.05, 3.63) is 29.8 Å². The van der Waals surface area contributed by atoms with Crippen molar-refractivity contribution in [2.24, 2.45) is 5.92 Å². The molecule has 2 saturated heterocycles. The van der Waals surface area contributed by atoms with Crippen LogP contribution in [0.2, 0.25) is 0 Å². The Morgan fingerprint density at radius 3 is 2.34 bits per heavy atom. The molecule has 0 radical (unpaired) electrons. The van der Waals surface area contributed by atoms with Gasteiger partial charge in [0.1, 0.15) is 12.1 Å². The average Bonchev–Trinajstić information content (AvgIpc) is 3.33. The van der Waals surface area contributed by atoms with Crippen molar-refractivity contribution in [1.82, 2.24) is 15.1 Å². The SMILES string of the molecule is CCC(=O)N1CC(=O)[C@@H]2C1CCN2C(=O)[C@H](CC(C)C)NC(=O)c1ccc(N(C)C)cc1. The number of carbonyl (C=O) groups is 4. The second-order valence-electron chi connectivity index (χ2n) is 9.27. The minimum atomic E-state index is -0.724. The number of likely N-dealkylation sites (tertiary alicyclic amines) is 2. The Labute approximate surface area is 189 Å². The van der Waals surface area contributed by atoms with E-state index in [2.05, 4.69) is 5.32 Å². The molecule has 174 valence electrons. The van der Waals surface area contributed by atoms with Gasteiger partial charge >= 0.3 is 0 Å². The fraction of sp³-hybridized carbons (Fsp3) is 0.583. The maximum atomic E-state index is 13.5. The van der Waals surface area contributed by atoms with Crippen LogP contribution in [0.25, 0.3) is 0 Å². The van der Waals surface area contributed by atoms with E-state index in [0.717, 1.165) is 5.69 Å². The number of rotatable bonds is 7. The Balaban J connectivity index is 1.76. The molecule has 0 aliphatic carbocycles. The molecule has 1 unspecified atom stereocenters. The highest BCUT2D eigenvalue weighted by molar-refractivity contribution is 6.00. The predicted octanol–water partition coefficient (Wildman–Crippen LogP) is 1.69. The van der Waals surface area contributed by atoms with Crippen molar-refractivity contribution in [3.63, 3.8) is 0 Å². The summed E-state index contributed by atoms with van der Waals surface area (Å²) in [6.45, 7) is 6.23. The van der Waals surface area contributed by atoms with Crippen LogP contribution in [0.5, 0.6) is 0 Å². The lowest BCUT2D eigenvalue weighted by atomic mass is 10.0. The van der Waals surface area contributed by atoms with Gasteiger partial charge in [0.25, 0.3) is 5.91 Å². The molecule has 1 N–H and O–H groups in total. The predicted molar refractivity (Wildman–Crippen MR) is 122 cm³/mol. The fourth-order valence-corrected chi connectivity index (χ4v) is 4.64. The van der Waals surface area contributed by atoms with Gasteiger partial charge in [-0.25, -0.2) is 0 Å². The van der Waals surface area contributed by atoms with E-state index in [-0.39, 0.29) is 42.0 Å². The molecule has 2 aliphatic heterocycles. The number of ketones is 1. The average molecular weight is 443 g/mol. The van der Waals surface area contributed by atoms with Crippen LogP contribution in [0.1, 0.15) is 50.4 Å². The van der Waals surface area contributed by atoms with Gasteiger partial charge in [0.15, 0.2) is 5.78 Å². The van der Waals surface area contributed by atoms with Gasteiger partial charge in [-0.3, -0.25) is 19.2 Å². The summed E-state index contributed by atoms with van der Waals surface area (Å²) in [6, 6.07) is 5.60. The zero-order valence-electron chi connectivity index (χ0n) is 19.6. The zero-order valence-corrected chi connectivity index (χ0v) is 19.6. The lowest BCUT2D eigenvalue weighted by molar-refractivity contribution is -0.138. The number of benzene rings is 1. The molecule has 2 fully saturated rings. The number of anilines is 1. The van der Waals surface area contributed by atoms with E-state index in [9.17, 15) is 19.2 Å². The summed E-state index contributed by atoms with van der Waals surface area (Å²) in [5, 5.41) is 2.89. The molecule has 1 aromatic carbocycles. The molecule has 8 heteroatoms. The van der Waals surface area contributed by atoms with E-state index in [0.29, 0.717) is 31.4 Å². The smallest absolute Gasteiger partial charge is 0.251 e. The third kappa shape index (κ3) is 4.79. The molecule has 0 spiro atoms. The quantitative estimate of drug-likeness (QED) is 0.694. The number of nitrogens with one attached hydrogen (secondary N) is 1. The van der Waals surface area contributed by atoms with E-state index >= 15 is 0 Å². The Bertz CT molecular complexity index is 880. The van der Waals surface area contributed by atoms with Crippen molar-refractivity contribution in [3.8, 4) is 0 Å². The first-order valence-corrected chi connectivity index (χ1v) is 11.3. The van der Waals surface area contributed by atoms with Crippen molar-refractivity contribution in [2.45, 2.75) is 58.2 Å². The van der Waals surface area contributed by atoms with E-state index < -0.39 is 12.1 Å². The van der Waals surface area contributed by atoms with Gasteiger partial charge in [-0.1, -0.05) is 20.8 Å². The molecule has 1 aromatic rings. The number of Topliss-reactive ketones (excluding diaryl/α,β-unsaturated/α-hetero) is 1. The van der Waals surface area contributed by atoms with Crippen LogP contribution in [0.3, 0.4) is 0 Å². The fourth-order valence-electron chi connectivity index (χ4n) is 4.64. The van der Waals surface area contributed by atoms with Crippen molar-refractivity contribution in [1.29, 1.82) is 0 Å². The van der Waals surface area contributed by atoms with Crippen LogP contribution in [-0.2, 0) is 14.4 Å². The van der Waals surface area contributed by atoms with E-state index in [4.69, 9.17) is 0 Å². The largest absolute Gasteiger partial charge is 0.378 e. The molecular formula is C24H34N4O4. The first-order valence-electron chi connectivity index (χ1n) is 11.3. The maximum Gasteiger partial charge on any atom is 0.251 e. The highest BCUT2D eigenvalue weighted by Crippen LogP contribution is 2.31. The maximum absolute atomic E-state index is 13.5. The normalized spacial score (nSPS) is 21.0. The molecule has 3 atom stereocenters. The molecule has 2 aliphatic rings. The van der Waals surface area contributed by atoms with Crippen LogP contribution in [0, 0.1) is 5.92 Å². The van der Waals surface area contributed by atoms with Gasteiger partial charge < -0.3 is 20.0 Å². The van der Waals surface area contributed by atoms with Crippen LogP contribution in [0.4, 0.5) is 5.69 Å².